The summed E-state index contributed by atoms with van der Waals surface area (Å²) in [7, 11) is 4.15. The first-order valence-electron chi connectivity index (χ1n) is 4.72. The molecule has 0 saturated heterocycles. The van der Waals surface area contributed by atoms with Crippen molar-refractivity contribution in [2.24, 2.45) is 0 Å². The quantitative estimate of drug-likeness (QED) is 0.740. The predicted molar refractivity (Wildman–Crippen MR) is 56.3 cm³/mol. The maximum Gasteiger partial charge on any atom is 0.181 e. The van der Waals surface area contributed by atoms with E-state index in [0.717, 1.165) is 24.1 Å². The van der Waals surface area contributed by atoms with Gasteiger partial charge in [-0.25, -0.2) is 4.98 Å². The average Bonchev–Trinajstić information content (AvgIpc) is 2.61. The first-order chi connectivity index (χ1) is 6.75. The summed E-state index contributed by atoms with van der Waals surface area (Å²) in [4.78, 5) is 6.25. The molecule has 1 aromatic carbocycles. The van der Waals surface area contributed by atoms with Gasteiger partial charge < -0.3 is 9.32 Å². The van der Waals surface area contributed by atoms with E-state index >= 15 is 0 Å². The lowest BCUT2D eigenvalue weighted by Gasteiger charge is -2.08. The Kier molecular flexibility index (Phi) is 2.50. The average molecular weight is 190 g/mol. The van der Waals surface area contributed by atoms with Gasteiger partial charge in [0.15, 0.2) is 12.0 Å². The molecule has 0 amide bonds. The molecule has 0 aliphatic rings. The summed E-state index contributed by atoms with van der Waals surface area (Å²) < 4.78 is 5.24. The Hall–Kier alpha value is -1.35. The van der Waals surface area contributed by atoms with Gasteiger partial charge in [0.2, 0.25) is 0 Å². The van der Waals surface area contributed by atoms with E-state index in [1.165, 1.54) is 12.0 Å². The third-order valence-electron chi connectivity index (χ3n) is 2.24. The topological polar surface area (TPSA) is 29.3 Å². The van der Waals surface area contributed by atoms with E-state index in [2.05, 4.69) is 36.1 Å². The summed E-state index contributed by atoms with van der Waals surface area (Å²) in [6.45, 7) is 1.06. The fourth-order valence-electron chi connectivity index (χ4n) is 1.41. The number of likely N-dealkylation sites (N-methyl/N-ethyl adjacent to an activating group) is 1. The van der Waals surface area contributed by atoms with E-state index in [1.807, 2.05) is 6.07 Å². The second-order valence-electron chi connectivity index (χ2n) is 3.71. The van der Waals surface area contributed by atoms with Crippen LogP contribution in [0, 0.1) is 0 Å². The molecule has 0 aliphatic carbocycles. The summed E-state index contributed by atoms with van der Waals surface area (Å²) in [5, 5.41) is 0. The smallest absolute Gasteiger partial charge is 0.181 e. The molecule has 3 nitrogen and oxygen atoms in total. The monoisotopic (exact) mass is 190 g/mol. The number of oxazole rings is 1. The van der Waals surface area contributed by atoms with E-state index in [4.69, 9.17) is 4.42 Å². The molecule has 0 saturated carbocycles. The molecule has 1 heterocycles. The van der Waals surface area contributed by atoms with Crippen LogP contribution in [-0.2, 0) is 6.42 Å². The minimum Gasteiger partial charge on any atom is -0.443 e. The molecule has 0 radical (unpaired) electrons. The van der Waals surface area contributed by atoms with Crippen LogP contribution in [0.2, 0.25) is 0 Å². The predicted octanol–water partition coefficient (Wildman–Crippen LogP) is 1.93. The summed E-state index contributed by atoms with van der Waals surface area (Å²) in [5.74, 6) is 0. The zero-order chi connectivity index (χ0) is 9.97. The highest BCUT2D eigenvalue weighted by atomic mass is 16.3. The third kappa shape index (κ3) is 1.93. The molecule has 2 rings (SSSR count). The second kappa shape index (κ2) is 3.80. The summed E-state index contributed by atoms with van der Waals surface area (Å²) >= 11 is 0. The Morgan fingerprint density at radius 1 is 1.36 bits per heavy atom. The van der Waals surface area contributed by atoms with Crippen LogP contribution in [-0.4, -0.2) is 30.5 Å². The van der Waals surface area contributed by atoms with Gasteiger partial charge in [0.05, 0.1) is 0 Å². The first-order valence-corrected chi connectivity index (χ1v) is 4.72. The lowest BCUT2D eigenvalue weighted by molar-refractivity contribution is 0.413. The fourth-order valence-corrected chi connectivity index (χ4v) is 1.41. The normalized spacial score (nSPS) is 11.4. The Bertz CT molecular complexity index is 420. The third-order valence-corrected chi connectivity index (χ3v) is 2.24. The second-order valence-corrected chi connectivity index (χ2v) is 3.71. The van der Waals surface area contributed by atoms with Gasteiger partial charge in [-0.3, -0.25) is 0 Å². The molecule has 0 spiro atoms. The number of aromatic nitrogens is 1. The van der Waals surface area contributed by atoms with E-state index in [0.29, 0.717) is 0 Å². The highest BCUT2D eigenvalue weighted by Crippen LogP contribution is 2.14. The number of rotatable bonds is 3. The van der Waals surface area contributed by atoms with Crippen molar-refractivity contribution in [3.63, 3.8) is 0 Å². The summed E-state index contributed by atoms with van der Waals surface area (Å²) in [5.41, 5.74) is 3.10. The molecule has 0 N–H and O–H groups in total. The lowest BCUT2D eigenvalue weighted by atomic mass is 10.1. The number of benzene rings is 1. The number of hydrogen-bond donors (Lipinski definition) is 0. The molecule has 0 unspecified atom stereocenters. The summed E-state index contributed by atoms with van der Waals surface area (Å²) in [6.07, 6.45) is 2.53. The van der Waals surface area contributed by atoms with Crippen molar-refractivity contribution < 1.29 is 4.42 Å². The zero-order valence-corrected chi connectivity index (χ0v) is 8.53. The van der Waals surface area contributed by atoms with Crippen LogP contribution in [0.5, 0.6) is 0 Å². The lowest BCUT2D eigenvalue weighted by Crippen LogP contribution is -2.14. The van der Waals surface area contributed by atoms with Gasteiger partial charge in [-0.15, -0.1) is 0 Å². The van der Waals surface area contributed by atoms with E-state index in [-0.39, 0.29) is 0 Å². The Balaban J connectivity index is 2.17. The molecule has 3 heteroatoms. The van der Waals surface area contributed by atoms with Crippen molar-refractivity contribution in [1.29, 1.82) is 0 Å². The van der Waals surface area contributed by atoms with Gasteiger partial charge in [-0.2, -0.15) is 0 Å². The molecule has 14 heavy (non-hydrogen) atoms. The van der Waals surface area contributed by atoms with Gasteiger partial charge in [-0.1, -0.05) is 6.07 Å². The highest BCUT2D eigenvalue weighted by molar-refractivity contribution is 5.72. The number of nitrogens with zero attached hydrogens (tertiary/aromatic N) is 2. The molecule has 0 aliphatic heterocycles. The van der Waals surface area contributed by atoms with Gasteiger partial charge in [-0.05, 0) is 38.2 Å². The van der Waals surface area contributed by atoms with Gasteiger partial charge in [0, 0.05) is 6.54 Å². The number of fused-ring (bicyclic) bond motifs is 1. The van der Waals surface area contributed by atoms with Crippen molar-refractivity contribution in [1.82, 2.24) is 9.88 Å². The van der Waals surface area contributed by atoms with Gasteiger partial charge in [0.25, 0.3) is 0 Å². The van der Waals surface area contributed by atoms with E-state index in [9.17, 15) is 0 Å². The number of hydrogen-bond acceptors (Lipinski definition) is 3. The molecule has 2 aromatic rings. The highest BCUT2D eigenvalue weighted by Gasteiger charge is 2.00. The van der Waals surface area contributed by atoms with Crippen LogP contribution in [0.1, 0.15) is 5.56 Å². The van der Waals surface area contributed by atoms with Crippen LogP contribution in [0.3, 0.4) is 0 Å². The molecule has 0 atom stereocenters. The van der Waals surface area contributed by atoms with Crippen molar-refractivity contribution >= 4 is 11.1 Å². The van der Waals surface area contributed by atoms with Crippen molar-refractivity contribution in [3.8, 4) is 0 Å². The fraction of sp³-hybridized carbons (Fsp3) is 0.364. The largest absolute Gasteiger partial charge is 0.443 e. The molecule has 0 fully saturated rings. The standard InChI is InChI=1S/C11H14N2O/c1-13(2)6-5-9-3-4-10-11(7-9)14-8-12-10/h3-4,7-8H,5-6H2,1-2H3. The first kappa shape index (κ1) is 9.21. The Morgan fingerprint density at radius 3 is 3.00 bits per heavy atom. The summed E-state index contributed by atoms with van der Waals surface area (Å²) in [6, 6.07) is 6.17. The molecule has 1 aromatic heterocycles. The minimum atomic E-state index is 0.876. The maximum atomic E-state index is 5.24. The minimum absolute atomic E-state index is 0.876. The van der Waals surface area contributed by atoms with Crippen LogP contribution in [0.15, 0.2) is 29.0 Å². The molecular weight excluding hydrogens is 176 g/mol. The van der Waals surface area contributed by atoms with Crippen molar-refractivity contribution in [2.45, 2.75) is 6.42 Å². The van der Waals surface area contributed by atoms with Crippen LogP contribution < -0.4 is 0 Å². The molecule has 0 bridgehead atoms. The van der Waals surface area contributed by atoms with Crippen molar-refractivity contribution in [2.75, 3.05) is 20.6 Å². The van der Waals surface area contributed by atoms with Crippen LogP contribution in [0.25, 0.3) is 11.1 Å². The van der Waals surface area contributed by atoms with Gasteiger partial charge in [0.1, 0.15) is 5.52 Å². The van der Waals surface area contributed by atoms with Crippen molar-refractivity contribution in [3.05, 3.63) is 30.2 Å². The molecular formula is C11H14N2O. The SMILES string of the molecule is CN(C)CCc1ccc2ncoc2c1. The van der Waals surface area contributed by atoms with E-state index < -0.39 is 0 Å². The van der Waals surface area contributed by atoms with Crippen LogP contribution in [0.4, 0.5) is 0 Å². The van der Waals surface area contributed by atoms with E-state index in [1.54, 1.807) is 0 Å². The maximum absolute atomic E-state index is 5.24. The van der Waals surface area contributed by atoms with Gasteiger partial charge >= 0.3 is 0 Å². The Labute approximate surface area is 83.3 Å². The zero-order valence-electron chi connectivity index (χ0n) is 8.53. The molecule has 74 valence electrons. The Morgan fingerprint density at radius 2 is 2.21 bits per heavy atom. The van der Waals surface area contributed by atoms with Crippen LogP contribution >= 0.6 is 0 Å².